The molecule has 0 saturated heterocycles. The highest BCUT2D eigenvalue weighted by molar-refractivity contribution is 5.42. The van der Waals surface area contributed by atoms with E-state index in [0.29, 0.717) is 17.2 Å². The van der Waals surface area contributed by atoms with Gasteiger partial charge in [-0.25, -0.2) is 4.39 Å². The summed E-state index contributed by atoms with van der Waals surface area (Å²) < 4.78 is 19.6. The Hall–Kier alpha value is -1.87. The number of rotatable bonds is 4. The normalized spacial score (nSPS) is 10.9. The summed E-state index contributed by atoms with van der Waals surface area (Å²) in [6, 6.07) is 10.4. The minimum atomic E-state index is -0.465. The van der Waals surface area contributed by atoms with Gasteiger partial charge in [0.05, 0.1) is 6.61 Å². The fourth-order valence-electron chi connectivity index (χ4n) is 2.05. The largest absolute Gasteiger partial charge is 0.454 e. The first-order valence-electron chi connectivity index (χ1n) is 6.69. The fourth-order valence-corrected chi connectivity index (χ4v) is 2.05. The van der Waals surface area contributed by atoms with Crippen molar-refractivity contribution in [3.05, 3.63) is 58.9 Å². The molecule has 0 saturated carbocycles. The summed E-state index contributed by atoms with van der Waals surface area (Å²) in [5.74, 6) is 0.684. The lowest BCUT2D eigenvalue weighted by Crippen LogP contribution is -1.97. The predicted molar refractivity (Wildman–Crippen MR) is 77.7 cm³/mol. The summed E-state index contributed by atoms with van der Waals surface area (Å²) in [6.45, 7) is 5.94. The molecule has 0 aromatic heterocycles. The lowest BCUT2D eigenvalue weighted by atomic mass is 10.0. The second kappa shape index (κ2) is 6.06. The highest BCUT2D eigenvalue weighted by Gasteiger charge is 2.12. The third-order valence-electron chi connectivity index (χ3n) is 3.19. The van der Waals surface area contributed by atoms with E-state index in [4.69, 9.17) is 9.84 Å². The maximum atomic E-state index is 13.9. The van der Waals surface area contributed by atoms with Crippen molar-refractivity contribution < 1.29 is 14.2 Å². The molecule has 106 valence electrons. The molecule has 3 heteroatoms. The molecule has 0 aliphatic rings. The molecule has 2 aromatic carbocycles. The molecule has 0 unspecified atom stereocenters. The van der Waals surface area contributed by atoms with E-state index < -0.39 is 5.82 Å². The molecule has 0 fully saturated rings. The number of hydrogen-bond acceptors (Lipinski definition) is 2. The molecule has 0 atom stereocenters. The standard InChI is InChI=1S/C17H19FO2/c1-11(2)14-6-4-12(3)8-17(14)20-16-7-5-13(10-19)9-15(16)18/h4-9,11,19H,10H2,1-3H3. The summed E-state index contributed by atoms with van der Waals surface area (Å²) in [7, 11) is 0. The van der Waals surface area contributed by atoms with Gasteiger partial charge in [0.2, 0.25) is 0 Å². The van der Waals surface area contributed by atoms with E-state index in [9.17, 15) is 4.39 Å². The Morgan fingerprint density at radius 3 is 2.45 bits per heavy atom. The molecule has 0 radical (unpaired) electrons. The minimum Gasteiger partial charge on any atom is -0.454 e. The average Bonchev–Trinajstić information content (AvgIpc) is 2.40. The van der Waals surface area contributed by atoms with Crippen molar-refractivity contribution in [2.24, 2.45) is 0 Å². The summed E-state index contributed by atoms with van der Waals surface area (Å²) in [5, 5.41) is 8.99. The van der Waals surface area contributed by atoms with Crippen LogP contribution in [0.1, 0.15) is 36.5 Å². The van der Waals surface area contributed by atoms with E-state index in [2.05, 4.69) is 13.8 Å². The molecule has 0 spiro atoms. The van der Waals surface area contributed by atoms with Crippen LogP contribution >= 0.6 is 0 Å². The molecule has 2 aromatic rings. The van der Waals surface area contributed by atoms with Crippen molar-refractivity contribution in [2.45, 2.75) is 33.3 Å². The van der Waals surface area contributed by atoms with Gasteiger partial charge in [-0.1, -0.05) is 32.0 Å². The van der Waals surface area contributed by atoms with Gasteiger partial charge in [-0.2, -0.15) is 0 Å². The number of hydrogen-bond donors (Lipinski definition) is 1. The lowest BCUT2D eigenvalue weighted by Gasteiger charge is -2.15. The van der Waals surface area contributed by atoms with E-state index in [0.717, 1.165) is 11.1 Å². The number of aliphatic hydroxyl groups excluding tert-OH is 1. The number of aliphatic hydroxyl groups is 1. The summed E-state index contributed by atoms with van der Waals surface area (Å²) in [5.41, 5.74) is 2.64. The third-order valence-corrected chi connectivity index (χ3v) is 3.19. The molecular weight excluding hydrogens is 255 g/mol. The van der Waals surface area contributed by atoms with Crippen LogP contribution in [0.15, 0.2) is 36.4 Å². The molecule has 2 nitrogen and oxygen atoms in total. The van der Waals surface area contributed by atoms with E-state index in [1.54, 1.807) is 12.1 Å². The molecule has 20 heavy (non-hydrogen) atoms. The van der Waals surface area contributed by atoms with E-state index in [1.807, 2.05) is 25.1 Å². The predicted octanol–water partition coefficient (Wildman–Crippen LogP) is 4.54. The van der Waals surface area contributed by atoms with Crippen molar-refractivity contribution in [3.63, 3.8) is 0 Å². The van der Waals surface area contributed by atoms with Crippen LogP contribution in [-0.2, 0) is 6.61 Å². The van der Waals surface area contributed by atoms with Gasteiger partial charge in [0.25, 0.3) is 0 Å². The van der Waals surface area contributed by atoms with Gasteiger partial charge in [-0.3, -0.25) is 0 Å². The van der Waals surface area contributed by atoms with Gasteiger partial charge < -0.3 is 9.84 Å². The molecule has 0 aliphatic carbocycles. The Morgan fingerprint density at radius 2 is 1.85 bits per heavy atom. The number of halogens is 1. The van der Waals surface area contributed by atoms with Crippen LogP contribution in [-0.4, -0.2) is 5.11 Å². The highest BCUT2D eigenvalue weighted by Crippen LogP contribution is 2.32. The van der Waals surface area contributed by atoms with Crippen molar-refractivity contribution in [3.8, 4) is 11.5 Å². The van der Waals surface area contributed by atoms with Crippen LogP contribution in [0.4, 0.5) is 4.39 Å². The zero-order valence-electron chi connectivity index (χ0n) is 12.0. The number of aryl methyl sites for hydroxylation is 1. The lowest BCUT2D eigenvalue weighted by molar-refractivity contribution is 0.281. The topological polar surface area (TPSA) is 29.5 Å². The van der Waals surface area contributed by atoms with Gasteiger partial charge in [0, 0.05) is 0 Å². The van der Waals surface area contributed by atoms with Crippen LogP contribution in [0.3, 0.4) is 0 Å². The molecule has 0 heterocycles. The molecular formula is C17H19FO2. The number of ether oxygens (including phenoxy) is 1. The molecule has 0 aliphatic heterocycles. The maximum absolute atomic E-state index is 13.9. The first-order chi connectivity index (χ1) is 9.51. The van der Waals surface area contributed by atoms with Crippen LogP contribution in [0.25, 0.3) is 0 Å². The Balaban J connectivity index is 2.36. The first kappa shape index (κ1) is 14.5. The third kappa shape index (κ3) is 3.17. The van der Waals surface area contributed by atoms with Gasteiger partial charge in [-0.05, 0) is 47.7 Å². The van der Waals surface area contributed by atoms with Crippen molar-refractivity contribution >= 4 is 0 Å². The smallest absolute Gasteiger partial charge is 0.166 e. The summed E-state index contributed by atoms with van der Waals surface area (Å²) >= 11 is 0. The molecule has 2 rings (SSSR count). The zero-order chi connectivity index (χ0) is 14.7. The van der Waals surface area contributed by atoms with E-state index in [1.165, 1.54) is 6.07 Å². The fraction of sp³-hybridized carbons (Fsp3) is 0.294. The van der Waals surface area contributed by atoms with Gasteiger partial charge >= 0.3 is 0 Å². The SMILES string of the molecule is Cc1ccc(C(C)C)c(Oc2ccc(CO)cc2F)c1. The summed E-state index contributed by atoms with van der Waals surface area (Å²) in [4.78, 5) is 0. The first-order valence-corrected chi connectivity index (χ1v) is 6.69. The minimum absolute atomic E-state index is 0.176. The molecule has 0 bridgehead atoms. The van der Waals surface area contributed by atoms with Crippen molar-refractivity contribution in [2.75, 3.05) is 0 Å². The highest BCUT2D eigenvalue weighted by atomic mass is 19.1. The Bertz CT molecular complexity index is 606. The van der Waals surface area contributed by atoms with Crippen LogP contribution in [0, 0.1) is 12.7 Å². The number of benzene rings is 2. The van der Waals surface area contributed by atoms with Gasteiger partial charge in [0.1, 0.15) is 5.75 Å². The molecule has 1 N–H and O–H groups in total. The van der Waals surface area contributed by atoms with Crippen LogP contribution in [0.5, 0.6) is 11.5 Å². The average molecular weight is 274 g/mol. The second-order valence-electron chi connectivity index (χ2n) is 5.22. The Morgan fingerprint density at radius 1 is 1.10 bits per heavy atom. The Kier molecular flexibility index (Phi) is 4.40. The van der Waals surface area contributed by atoms with Crippen molar-refractivity contribution in [1.82, 2.24) is 0 Å². The monoisotopic (exact) mass is 274 g/mol. The summed E-state index contributed by atoms with van der Waals surface area (Å²) in [6.07, 6.45) is 0. The zero-order valence-corrected chi connectivity index (χ0v) is 12.0. The maximum Gasteiger partial charge on any atom is 0.166 e. The van der Waals surface area contributed by atoms with Crippen molar-refractivity contribution in [1.29, 1.82) is 0 Å². The molecule has 0 amide bonds. The van der Waals surface area contributed by atoms with Crippen LogP contribution in [0.2, 0.25) is 0 Å². The van der Waals surface area contributed by atoms with Gasteiger partial charge in [-0.15, -0.1) is 0 Å². The quantitative estimate of drug-likeness (QED) is 0.886. The van der Waals surface area contributed by atoms with Gasteiger partial charge in [0.15, 0.2) is 11.6 Å². The Labute approximate surface area is 118 Å². The van der Waals surface area contributed by atoms with E-state index >= 15 is 0 Å². The van der Waals surface area contributed by atoms with E-state index in [-0.39, 0.29) is 12.4 Å². The second-order valence-corrected chi connectivity index (χ2v) is 5.22. The van der Waals surface area contributed by atoms with Crippen LogP contribution < -0.4 is 4.74 Å².